The lowest BCUT2D eigenvalue weighted by atomic mass is 10.1. The van der Waals surface area contributed by atoms with Gasteiger partial charge < -0.3 is 4.74 Å². The smallest absolute Gasteiger partial charge is 0.220 e. The topological polar surface area (TPSA) is 56.9 Å². The highest BCUT2D eigenvalue weighted by Gasteiger charge is 2.04. The van der Waals surface area contributed by atoms with Crippen molar-refractivity contribution in [2.75, 3.05) is 0 Å². The van der Waals surface area contributed by atoms with Gasteiger partial charge in [-0.3, -0.25) is 10.8 Å². The Kier molecular flexibility index (Phi) is 6.08. The normalized spacial score (nSPS) is 8.81. The molecule has 1 rings (SSSR count). The molecule has 0 amide bonds. The first kappa shape index (κ1) is 14.4. The predicted octanol–water partition coefficient (Wildman–Crippen LogP) is 3.67. The van der Waals surface area contributed by atoms with Crippen molar-refractivity contribution in [3.05, 3.63) is 34.9 Å². The minimum absolute atomic E-state index is 0.0283. The summed E-state index contributed by atoms with van der Waals surface area (Å²) in [6, 6.07) is 5.66. The monoisotopic (exact) mass is 220 g/mol. The Morgan fingerprint density at radius 1 is 1.06 bits per heavy atom. The number of rotatable bonds is 1. The molecule has 0 spiro atoms. The van der Waals surface area contributed by atoms with Crippen LogP contribution >= 0.6 is 0 Å². The van der Waals surface area contributed by atoms with E-state index in [-0.39, 0.29) is 11.8 Å². The first-order chi connectivity index (χ1) is 7.50. The molecule has 0 aliphatic carbocycles. The third kappa shape index (κ3) is 4.26. The Morgan fingerprint density at radius 2 is 1.62 bits per heavy atom. The highest BCUT2D eigenvalue weighted by molar-refractivity contribution is 5.98. The van der Waals surface area contributed by atoms with Crippen molar-refractivity contribution in [1.82, 2.24) is 0 Å². The summed E-state index contributed by atoms with van der Waals surface area (Å²) in [6.45, 7) is 9.52. The fourth-order valence-corrected chi connectivity index (χ4v) is 1.09. The van der Waals surface area contributed by atoms with E-state index in [1.807, 2.05) is 45.9 Å². The lowest BCUT2D eigenvalue weighted by Crippen LogP contribution is -2.09. The first-order valence-electron chi connectivity index (χ1n) is 5.40. The molecule has 1 aromatic rings. The van der Waals surface area contributed by atoms with E-state index in [9.17, 15) is 0 Å². The zero-order valence-corrected chi connectivity index (χ0v) is 10.6. The highest BCUT2D eigenvalue weighted by Crippen LogP contribution is 2.10. The third-order valence-electron chi connectivity index (χ3n) is 2.02. The minimum atomic E-state index is 0.0283. The average molecular weight is 220 g/mol. The summed E-state index contributed by atoms with van der Waals surface area (Å²) < 4.78 is 4.90. The van der Waals surface area contributed by atoms with Gasteiger partial charge in [0, 0.05) is 12.5 Å². The summed E-state index contributed by atoms with van der Waals surface area (Å²) in [5.74, 6) is 0.0637. The molecule has 0 heterocycles. The van der Waals surface area contributed by atoms with E-state index in [0.29, 0.717) is 5.56 Å². The summed E-state index contributed by atoms with van der Waals surface area (Å²) >= 11 is 0. The summed E-state index contributed by atoms with van der Waals surface area (Å²) in [7, 11) is 0. The van der Waals surface area contributed by atoms with Crippen LogP contribution in [0.25, 0.3) is 0 Å². The first-order valence-corrected chi connectivity index (χ1v) is 5.40. The Balaban J connectivity index is 0.00000106. The van der Waals surface area contributed by atoms with Crippen LogP contribution in [0.3, 0.4) is 0 Å². The number of nitrogens with one attached hydrogen (secondary N) is 2. The zero-order chi connectivity index (χ0) is 12.7. The van der Waals surface area contributed by atoms with Gasteiger partial charge in [0.2, 0.25) is 5.90 Å². The van der Waals surface area contributed by atoms with E-state index < -0.39 is 0 Å². The van der Waals surface area contributed by atoms with Gasteiger partial charge >= 0.3 is 0 Å². The van der Waals surface area contributed by atoms with Gasteiger partial charge in [-0.25, -0.2) is 0 Å². The minimum Gasteiger partial charge on any atom is -0.426 e. The van der Waals surface area contributed by atoms with Crippen molar-refractivity contribution in [2.45, 2.75) is 34.6 Å². The molecule has 0 saturated carbocycles. The number of benzene rings is 1. The number of hydrogen-bond acceptors (Lipinski definition) is 3. The van der Waals surface area contributed by atoms with Crippen LogP contribution in [0.4, 0.5) is 0 Å². The molecular weight excluding hydrogens is 200 g/mol. The van der Waals surface area contributed by atoms with Crippen LogP contribution in [-0.4, -0.2) is 11.8 Å². The summed E-state index contributed by atoms with van der Waals surface area (Å²) in [4.78, 5) is 0. The van der Waals surface area contributed by atoms with Gasteiger partial charge in [0.25, 0.3) is 0 Å². The summed E-state index contributed by atoms with van der Waals surface area (Å²) in [5.41, 5.74) is 3.02. The van der Waals surface area contributed by atoms with Crippen LogP contribution in [0.5, 0.6) is 0 Å². The maximum absolute atomic E-state index is 7.56. The highest BCUT2D eigenvalue weighted by atomic mass is 16.5. The van der Waals surface area contributed by atoms with E-state index in [4.69, 9.17) is 15.6 Å². The van der Waals surface area contributed by atoms with Crippen LogP contribution in [0.2, 0.25) is 0 Å². The summed E-state index contributed by atoms with van der Waals surface area (Å²) in [5, 5.41) is 14.7. The molecule has 0 atom stereocenters. The third-order valence-corrected chi connectivity index (χ3v) is 2.02. The van der Waals surface area contributed by atoms with Gasteiger partial charge in [-0.15, -0.1) is 0 Å². The number of hydrogen-bond donors (Lipinski definition) is 2. The summed E-state index contributed by atoms with van der Waals surface area (Å²) in [6.07, 6.45) is 0. The second-order valence-corrected chi connectivity index (χ2v) is 3.29. The van der Waals surface area contributed by atoms with Crippen molar-refractivity contribution in [3.63, 3.8) is 0 Å². The SMILES string of the molecule is CC.CC(=N)OC(=N)c1ccc(C)c(C)c1. The number of aryl methyl sites for hydroxylation is 2. The van der Waals surface area contributed by atoms with Crippen LogP contribution in [0.15, 0.2) is 18.2 Å². The molecule has 1 aromatic carbocycles. The van der Waals surface area contributed by atoms with E-state index in [1.165, 1.54) is 12.5 Å². The lowest BCUT2D eigenvalue weighted by molar-refractivity contribution is 0.532. The molecule has 0 radical (unpaired) electrons. The van der Waals surface area contributed by atoms with Gasteiger partial charge in [-0.05, 0) is 37.1 Å². The van der Waals surface area contributed by atoms with Crippen LogP contribution in [0.1, 0.15) is 37.5 Å². The molecule has 2 N–H and O–H groups in total. The molecule has 0 unspecified atom stereocenters. The average Bonchev–Trinajstić information content (AvgIpc) is 2.24. The van der Waals surface area contributed by atoms with E-state index in [0.717, 1.165) is 5.56 Å². The molecule has 0 fully saturated rings. The van der Waals surface area contributed by atoms with Crippen molar-refractivity contribution >= 4 is 11.8 Å². The van der Waals surface area contributed by atoms with Gasteiger partial charge in [0.15, 0.2) is 5.90 Å². The fraction of sp³-hybridized carbons (Fsp3) is 0.385. The van der Waals surface area contributed by atoms with Crippen molar-refractivity contribution < 1.29 is 4.74 Å². The molecule has 3 heteroatoms. The molecule has 0 aromatic heterocycles. The van der Waals surface area contributed by atoms with Crippen LogP contribution in [-0.2, 0) is 4.74 Å². The lowest BCUT2D eigenvalue weighted by Gasteiger charge is -2.06. The standard InChI is InChI=1S/C11H14N2O.C2H6/c1-7-4-5-10(6-8(7)2)11(13)14-9(3)12;1-2/h4-6,12-13H,1-3H3;1-2H3. The van der Waals surface area contributed by atoms with Gasteiger partial charge in [-0.2, -0.15) is 0 Å². The quantitative estimate of drug-likeness (QED) is 0.550. The second-order valence-electron chi connectivity index (χ2n) is 3.29. The van der Waals surface area contributed by atoms with Crippen LogP contribution < -0.4 is 0 Å². The zero-order valence-electron chi connectivity index (χ0n) is 10.6. The maximum atomic E-state index is 7.56. The molecule has 0 aliphatic rings. The van der Waals surface area contributed by atoms with Crippen molar-refractivity contribution in [2.24, 2.45) is 0 Å². The Bertz CT molecular complexity index is 384. The molecular formula is C13H20N2O. The van der Waals surface area contributed by atoms with Gasteiger partial charge in [0.05, 0.1) is 0 Å². The van der Waals surface area contributed by atoms with E-state index >= 15 is 0 Å². The van der Waals surface area contributed by atoms with Crippen molar-refractivity contribution in [3.8, 4) is 0 Å². The Labute approximate surface area is 97.5 Å². The Morgan fingerprint density at radius 3 is 2.06 bits per heavy atom. The Hall–Kier alpha value is -1.64. The van der Waals surface area contributed by atoms with E-state index in [2.05, 4.69) is 0 Å². The molecule has 88 valence electrons. The maximum Gasteiger partial charge on any atom is 0.220 e. The van der Waals surface area contributed by atoms with Gasteiger partial charge in [0.1, 0.15) is 0 Å². The molecule has 16 heavy (non-hydrogen) atoms. The molecule has 0 aliphatic heterocycles. The molecule has 0 bridgehead atoms. The number of ether oxygens (including phenoxy) is 1. The van der Waals surface area contributed by atoms with Crippen LogP contribution in [0, 0.1) is 24.7 Å². The molecule has 3 nitrogen and oxygen atoms in total. The second kappa shape index (κ2) is 6.77. The predicted molar refractivity (Wildman–Crippen MR) is 68.6 cm³/mol. The van der Waals surface area contributed by atoms with E-state index in [1.54, 1.807) is 0 Å². The van der Waals surface area contributed by atoms with Crippen molar-refractivity contribution in [1.29, 1.82) is 10.8 Å². The fourth-order valence-electron chi connectivity index (χ4n) is 1.09. The largest absolute Gasteiger partial charge is 0.426 e. The van der Waals surface area contributed by atoms with Gasteiger partial charge in [-0.1, -0.05) is 19.9 Å². The molecule has 0 saturated heterocycles.